The van der Waals surface area contributed by atoms with Gasteiger partial charge in [0.2, 0.25) is 0 Å². The van der Waals surface area contributed by atoms with Crippen molar-refractivity contribution in [1.82, 2.24) is 4.90 Å². The van der Waals surface area contributed by atoms with Gasteiger partial charge in [0, 0.05) is 11.6 Å². The van der Waals surface area contributed by atoms with Gasteiger partial charge in [-0.15, -0.1) is 0 Å². The average Bonchev–Trinajstić information content (AvgIpc) is 3.20. The van der Waals surface area contributed by atoms with Crippen LogP contribution in [-0.2, 0) is 22.6 Å². The molecule has 140 valence electrons. The molecule has 26 heavy (non-hydrogen) atoms. The van der Waals surface area contributed by atoms with Crippen LogP contribution in [0, 0.1) is 0 Å². The van der Waals surface area contributed by atoms with Crippen LogP contribution in [0.15, 0.2) is 47.1 Å². The van der Waals surface area contributed by atoms with Crippen molar-refractivity contribution in [2.75, 3.05) is 11.5 Å². The van der Waals surface area contributed by atoms with Crippen molar-refractivity contribution < 1.29 is 30.8 Å². The van der Waals surface area contributed by atoms with E-state index in [1.54, 1.807) is 12.1 Å². The maximum Gasteiger partial charge on any atom is 0.416 e. The molecule has 0 N–H and O–H groups in total. The molecule has 1 aliphatic rings. The van der Waals surface area contributed by atoms with E-state index in [-0.39, 0.29) is 30.0 Å². The van der Waals surface area contributed by atoms with Crippen LogP contribution in [0.4, 0.5) is 13.2 Å². The molecular formula is C17H16F3NO4S. The molecule has 1 aromatic carbocycles. The first-order chi connectivity index (χ1) is 12.2. The maximum atomic E-state index is 12.8. The Bertz CT molecular complexity index is 874. The van der Waals surface area contributed by atoms with Crippen LogP contribution in [0.5, 0.6) is 0 Å². The zero-order valence-corrected chi connectivity index (χ0v) is 14.4. The Morgan fingerprint density at radius 2 is 1.88 bits per heavy atom. The molecule has 0 spiro atoms. The summed E-state index contributed by atoms with van der Waals surface area (Å²) in [5, 5.41) is 0. The van der Waals surface area contributed by atoms with Crippen LogP contribution < -0.4 is 0 Å². The smallest absolute Gasteiger partial charge is 0.416 e. The molecule has 5 nitrogen and oxygen atoms in total. The molecule has 1 saturated heterocycles. The normalized spacial score (nSPS) is 19.4. The summed E-state index contributed by atoms with van der Waals surface area (Å²) >= 11 is 0. The fraction of sp³-hybridized carbons (Fsp3) is 0.353. The zero-order chi connectivity index (χ0) is 18.9. The number of sulfone groups is 1. The summed E-state index contributed by atoms with van der Waals surface area (Å²) in [5.41, 5.74) is -0.788. The summed E-state index contributed by atoms with van der Waals surface area (Å²) < 4.78 is 66.8. The topological polar surface area (TPSA) is 67.6 Å². The van der Waals surface area contributed by atoms with Crippen molar-refractivity contribution >= 4 is 15.7 Å². The van der Waals surface area contributed by atoms with Gasteiger partial charge < -0.3 is 9.32 Å². The van der Waals surface area contributed by atoms with E-state index in [1.807, 2.05) is 0 Å². The number of carbonyl (C=O) groups excluding carboxylic acids is 1. The number of amides is 1. The van der Waals surface area contributed by atoms with Crippen LogP contribution in [0.25, 0.3) is 0 Å². The van der Waals surface area contributed by atoms with Gasteiger partial charge >= 0.3 is 6.18 Å². The number of nitrogens with zero attached hydrogens (tertiary/aromatic N) is 1. The molecule has 0 radical (unpaired) electrons. The SMILES string of the molecule is O=C(c1ccc(C(F)(F)F)cc1)N(Cc1ccco1)[C@H]1CCS(=O)(=O)C1. The van der Waals surface area contributed by atoms with Crippen LogP contribution in [-0.4, -0.2) is 36.8 Å². The molecule has 1 fully saturated rings. The predicted molar refractivity (Wildman–Crippen MR) is 87.1 cm³/mol. The van der Waals surface area contributed by atoms with Gasteiger partial charge in [0.1, 0.15) is 5.76 Å². The standard InChI is InChI=1S/C17H16F3NO4S/c18-17(19,20)13-5-3-12(4-6-13)16(22)21(10-15-2-1-8-25-15)14-7-9-26(23,24)11-14/h1-6,8,14H,7,9-11H2/t14-/m0/s1. The van der Waals surface area contributed by atoms with E-state index in [0.29, 0.717) is 5.76 Å². The number of benzene rings is 1. The second-order valence-electron chi connectivity index (χ2n) is 6.14. The Labute approximate surface area is 148 Å². The minimum atomic E-state index is -4.49. The number of alkyl halides is 3. The molecule has 0 bridgehead atoms. The van der Waals surface area contributed by atoms with Crippen molar-refractivity contribution in [1.29, 1.82) is 0 Å². The first kappa shape index (κ1) is 18.5. The summed E-state index contributed by atoms with van der Waals surface area (Å²) in [4.78, 5) is 14.2. The van der Waals surface area contributed by atoms with Crippen molar-refractivity contribution in [3.05, 3.63) is 59.5 Å². The summed E-state index contributed by atoms with van der Waals surface area (Å²) in [6.07, 6.45) is -2.77. The van der Waals surface area contributed by atoms with E-state index in [2.05, 4.69) is 0 Å². The quantitative estimate of drug-likeness (QED) is 0.808. The van der Waals surface area contributed by atoms with Gasteiger partial charge in [0.25, 0.3) is 5.91 Å². The van der Waals surface area contributed by atoms with E-state index in [1.165, 1.54) is 11.2 Å². The Morgan fingerprint density at radius 1 is 1.19 bits per heavy atom. The van der Waals surface area contributed by atoms with Crippen LogP contribution in [0.2, 0.25) is 0 Å². The second-order valence-corrected chi connectivity index (χ2v) is 8.37. The Hall–Kier alpha value is -2.29. The predicted octanol–water partition coefficient (Wildman–Crippen LogP) is 3.13. The van der Waals surface area contributed by atoms with Gasteiger partial charge in [-0.25, -0.2) is 8.42 Å². The minimum Gasteiger partial charge on any atom is -0.467 e. The lowest BCUT2D eigenvalue weighted by molar-refractivity contribution is -0.137. The molecular weight excluding hydrogens is 371 g/mol. The van der Waals surface area contributed by atoms with Crippen LogP contribution in [0.3, 0.4) is 0 Å². The van der Waals surface area contributed by atoms with Crippen molar-refractivity contribution in [3.63, 3.8) is 0 Å². The maximum absolute atomic E-state index is 12.8. The van der Waals surface area contributed by atoms with E-state index in [9.17, 15) is 26.4 Å². The Morgan fingerprint density at radius 3 is 2.38 bits per heavy atom. The molecule has 1 aromatic heterocycles. The van der Waals surface area contributed by atoms with E-state index >= 15 is 0 Å². The molecule has 1 aliphatic heterocycles. The highest BCUT2D eigenvalue weighted by atomic mass is 32.2. The zero-order valence-electron chi connectivity index (χ0n) is 13.6. The molecule has 2 aromatic rings. The molecule has 1 atom stereocenters. The lowest BCUT2D eigenvalue weighted by Crippen LogP contribution is -2.40. The first-order valence-corrected chi connectivity index (χ1v) is 9.69. The summed E-state index contributed by atoms with van der Waals surface area (Å²) in [5.74, 6) is -0.251. The average molecular weight is 387 g/mol. The first-order valence-electron chi connectivity index (χ1n) is 7.87. The van der Waals surface area contributed by atoms with Crippen molar-refractivity contribution in [3.8, 4) is 0 Å². The fourth-order valence-corrected chi connectivity index (χ4v) is 4.66. The minimum absolute atomic E-state index is 0.0212. The highest BCUT2D eigenvalue weighted by molar-refractivity contribution is 7.91. The molecule has 3 rings (SSSR count). The molecule has 9 heteroatoms. The molecule has 0 unspecified atom stereocenters. The highest BCUT2D eigenvalue weighted by Crippen LogP contribution is 2.30. The molecule has 0 saturated carbocycles. The number of furan rings is 1. The largest absolute Gasteiger partial charge is 0.467 e. The van der Waals surface area contributed by atoms with Crippen molar-refractivity contribution in [2.24, 2.45) is 0 Å². The lowest BCUT2D eigenvalue weighted by Gasteiger charge is -2.27. The Balaban J connectivity index is 1.87. The van der Waals surface area contributed by atoms with Crippen LogP contribution >= 0.6 is 0 Å². The highest BCUT2D eigenvalue weighted by Gasteiger charge is 2.36. The lowest BCUT2D eigenvalue weighted by atomic mass is 10.1. The number of hydrogen-bond donors (Lipinski definition) is 0. The van der Waals surface area contributed by atoms with E-state index in [0.717, 1.165) is 24.3 Å². The molecule has 1 amide bonds. The van der Waals surface area contributed by atoms with Gasteiger partial charge in [-0.2, -0.15) is 13.2 Å². The van der Waals surface area contributed by atoms with Crippen molar-refractivity contribution in [2.45, 2.75) is 25.2 Å². The number of carbonyl (C=O) groups is 1. The van der Waals surface area contributed by atoms with E-state index < -0.39 is 33.5 Å². The summed E-state index contributed by atoms with van der Waals surface area (Å²) in [6.45, 7) is 0.0487. The third kappa shape index (κ3) is 4.09. The number of hydrogen-bond acceptors (Lipinski definition) is 4. The third-order valence-electron chi connectivity index (χ3n) is 4.28. The third-order valence-corrected chi connectivity index (χ3v) is 6.03. The number of halogens is 3. The van der Waals surface area contributed by atoms with Crippen LogP contribution in [0.1, 0.15) is 28.1 Å². The van der Waals surface area contributed by atoms with Gasteiger partial charge in [-0.3, -0.25) is 4.79 Å². The van der Waals surface area contributed by atoms with Gasteiger partial charge in [-0.05, 0) is 42.8 Å². The number of rotatable bonds is 4. The van der Waals surface area contributed by atoms with Gasteiger partial charge in [0.05, 0.1) is 29.9 Å². The molecule has 0 aliphatic carbocycles. The van der Waals surface area contributed by atoms with E-state index in [4.69, 9.17) is 4.42 Å². The van der Waals surface area contributed by atoms with Gasteiger partial charge in [-0.1, -0.05) is 0 Å². The Kier molecular flexibility index (Phi) is 4.83. The molecule has 2 heterocycles. The van der Waals surface area contributed by atoms with Gasteiger partial charge in [0.15, 0.2) is 9.84 Å². The summed E-state index contributed by atoms with van der Waals surface area (Å²) in [6, 6.07) is 6.62. The second kappa shape index (κ2) is 6.79. The summed E-state index contributed by atoms with van der Waals surface area (Å²) in [7, 11) is -3.23. The monoisotopic (exact) mass is 387 g/mol. The fourth-order valence-electron chi connectivity index (χ4n) is 2.93.